The van der Waals surface area contributed by atoms with E-state index < -0.39 is 0 Å². The zero-order valence-electron chi connectivity index (χ0n) is 11.1. The fraction of sp³-hybridized carbons (Fsp3) is 0.846. The highest BCUT2D eigenvalue weighted by Gasteiger charge is 2.23. The number of hydrogen-bond acceptors (Lipinski definition) is 3. The van der Waals surface area contributed by atoms with E-state index in [1.54, 1.807) is 9.80 Å². The molecular weight excluding hydrogens is 232 g/mol. The average molecular weight is 254 g/mol. The van der Waals surface area contributed by atoms with Crippen LogP contribution in [0, 0.1) is 5.92 Å². The molecule has 5 nitrogen and oxygen atoms in total. The van der Waals surface area contributed by atoms with Crippen molar-refractivity contribution in [1.82, 2.24) is 9.80 Å². The third kappa shape index (κ3) is 3.45. The Kier molecular flexibility index (Phi) is 4.58. The van der Waals surface area contributed by atoms with Crippen LogP contribution < -0.4 is 0 Å². The molecule has 5 heteroatoms. The summed E-state index contributed by atoms with van der Waals surface area (Å²) in [5.74, 6) is 0.795. The first-order chi connectivity index (χ1) is 8.66. The first kappa shape index (κ1) is 13.3. The maximum Gasteiger partial charge on any atom is 0.224 e. The minimum absolute atomic E-state index is 0.126. The lowest BCUT2D eigenvalue weighted by atomic mass is 10.1. The van der Waals surface area contributed by atoms with Crippen molar-refractivity contribution in [2.75, 3.05) is 39.9 Å². The topological polar surface area (TPSA) is 49.9 Å². The van der Waals surface area contributed by atoms with E-state index >= 15 is 0 Å². The van der Waals surface area contributed by atoms with Gasteiger partial charge in [0.15, 0.2) is 0 Å². The van der Waals surface area contributed by atoms with E-state index in [1.165, 1.54) is 0 Å². The van der Waals surface area contributed by atoms with Crippen LogP contribution in [0.3, 0.4) is 0 Å². The molecule has 2 fully saturated rings. The molecule has 0 N–H and O–H groups in total. The second-order valence-electron chi connectivity index (χ2n) is 5.24. The summed E-state index contributed by atoms with van der Waals surface area (Å²) in [6.45, 7) is 3.74. The maximum absolute atomic E-state index is 11.9. The van der Waals surface area contributed by atoms with Crippen LogP contribution in [0.15, 0.2) is 0 Å². The molecule has 2 aliphatic heterocycles. The van der Waals surface area contributed by atoms with Crippen molar-refractivity contribution in [1.29, 1.82) is 0 Å². The van der Waals surface area contributed by atoms with Crippen molar-refractivity contribution in [3.8, 4) is 0 Å². The molecule has 0 radical (unpaired) electrons. The molecule has 0 unspecified atom stereocenters. The Hall–Kier alpha value is -1.10. The van der Waals surface area contributed by atoms with Gasteiger partial charge in [-0.1, -0.05) is 0 Å². The maximum atomic E-state index is 11.9. The van der Waals surface area contributed by atoms with Gasteiger partial charge >= 0.3 is 0 Å². The smallest absolute Gasteiger partial charge is 0.224 e. The lowest BCUT2D eigenvalue weighted by Gasteiger charge is -2.22. The van der Waals surface area contributed by atoms with Crippen LogP contribution in [-0.2, 0) is 14.3 Å². The van der Waals surface area contributed by atoms with Gasteiger partial charge in [0, 0.05) is 52.0 Å². The Morgan fingerprint density at radius 2 is 2.39 bits per heavy atom. The molecule has 2 aliphatic rings. The standard InChI is InChI=1S/C13H22N2O3/c1-14(9-11-5-8-18-10-11)12(16)4-7-15-6-2-3-13(15)17/h11H,2-10H2,1H3/t11-/m1/s1. The Balaban J connectivity index is 1.68. The molecule has 2 saturated heterocycles. The molecule has 2 amide bonds. The number of hydrogen-bond donors (Lipinski definition) is 0. The molecule has 0 bridgehead atoms. The van der Waals surface area contributed by atoms with E-state index in [9.17, 15) is 9.59 Å². The molecule has 102 valence electrons. The summed E-state index contributed by atoms with van der Waals surface area (Å²) in [4.78, 5) is 26.9. The second-order valence-corrected chi connectivity index (χ2v) is 5.24. The van der Waals surface area contributed by atoms with Gasteiger partial charge in [-0.2, -0.15) is 0 Å². The van der Waals surface area contributed by atoms with Gasteiger partial charge in [-0.15, -0.1) is 0 Å². The summed E-state index contributed by atoms with van der Waals surface area (Å²) < 4.78 is 5.30. The minimum Gasteiger partial charge on any atom is -0.381 e. The first-order valence-corrected chi connectivity index (χ1v) is 6.76. The van der Waals surface area contributed by atoms with Gasteiger partial charge in [-0.25, -0.2) is 0 Å². The zero-order valence-corrected chi connectivity index (χ0v) is 11.1. The number of nitrogens with zero attached hydrogens (tertiary/aromatic N) is 2. The quantitative estimate of drug-likeness (QED) is 0.717. The molecule has 0 aromatic heterocycles. The molecule has 1 atom stereocenters. The van der Waals surface area contributed by atoms with Crippen LogP contribution in [0.1, 0.15) is 25.7 Å². The largest absolute Gasteiger partial charge is 0.381 e. The second kappa shape index (κ2) is 6.18. The highest BCUT2D eigenvalue weighted by Crippen LogP contribution is 2.14. The van der Waals surface area contributed by atoms with Crippen molar-refractivity contribution in [3.63, 3.8) is 0 Å². The molecule has 2 rings (SSSR count). The van der Waals surface area contributed by atoms with E-state index in [1.807, 2.05) is 7.05 Å². The first-order valence-electron chi connectivity index (χ1n) is 6.76. The van der Waals surface area contributed by atoms with Crippen molar-refractivity contribution >= 4 is 11.8 Å². The molecule has 0 aromatic rings. The zero-order chi connectivity index (χ0) is 13.0. The van der Waals surface area contributed by atoms with Crippen LogP contribution >= 0.6 is 0 Å². The highest BCUT2D eigenvalue weighted by molar-refractivity contribution is 5.80. The molecule has 0 spiro atoms. The van der Waals surface area contributed by atoms with E-state index in [4.69, 9.17) is 4.74 Å². The number of rotatable bonds is 5. The van der Waals surface area contributed by atoms with Gasteiger partial charge < -0.3 is 14.5 Å². The molecule has 0 saturated carbocycles. The number of likely N-dealkylation sites (tertiary alicyclic amines) is 1. The summed E-state index contributed by atoms with van der Waals surface area (Å²) in [5.41, 5.74) is 0. The predicted octanol–water partition coefficient (Wildman–Crippen LogP) is 0.494. The molecule has 0 aromatic carbocycles. The summed E-state index contributed by atoms with van der Waals surface area (Å²) in [7, 11) is 1.84. The normalized spacial score (nSPS) is 23.7. The molecule has 0 aliphatic carbocycles. The Morgan fingerprint density at radius 1 is 1.56 bits per heavy atom. The monoisotopic (exact) mass is 254 g/mol. The summed E-state index contributed by atoms with van der Waals surface area (Å²) in [6.07, 6.45) is 3.06. The van der Waals surface area contributed by atoms with Crippen LogP contribution in [0.25, 0.3) is 0 Å². The van der Waals surface area contributed by atoms with Gasteiger partial charge in [0.25, 0.3) is 0 Å². The van der Waals surface area contributed by atoms with Gasteiger partial charge in [-0.05, 0) is 12.8 Å². The lowest BCUT2D eigenvalue weighted by molar-refractivity contribution is -0.132. The average Bonchev–Trinajstić information content (AvgIpc) is 2.98. The van der Waals surface area contributed by atoms with E-state index in [0.717, 1.165) is 39.1 Å². The molecule has 18 heavy (non-hydrogen) atoms. The van der Waals surface area contributed by atoms with Gasteiger partial charge in [0.05, 0.1) is 6.61 Å². The molecule has 2 heterocycles. The van der Waals surface area contributed by atoms with Crippen molar-refractivity contribution in [3.05, 3.63) is 0 Å². The van der Waals surface area contributed by atoms with Gasteiger partial charge in [0.1, 0.15) is 0 Å². The summed E-state index contributed by atoms with van der Waals surface area (Å²) in [5, 5.41) is 0. The van der Waals surface area contributed by atoms with Crippen LogP contribution in [0.5, 0.6) is 0 Å². The number of carbonyl (C=O) groups excluding carboxylic acids is 2. The third-order valence-corrected chi connectivity index (χ3v) is 3.75. The van der Waals surface area contributed by atoms with Gasteiger partial charge in [-0.3, -0.25) is 9.59 Å². The van der Waals surface area contributed by atoms with Crippen LogP contribution in [0.4, 0.5) is 0 Å². The Bertz CT molecular complexity index is 313. The van der Waals surface area contributed by atoms with E-state index in [0.29, 0.717) is 25.3 Å². The van der Waals surface area contributed by atoms with Crippen LogP contribution in [0.2, 0.25) is 0 Å². The fourth-order valence-electron chi connectivity index (χ4n) is 2.58. The highest BCUT2D eigenvalue weighted by atomic mass is 16.5. The van der Waals surface area contributed by atoms with Crippen molar-refractivity contribution < 1.29 is 14.3 Å². The minimum atomic E-state index is 0.126. The number of ether oxygens (including phenoxy) is 1. The van der Waals surface area contributed by atoms with Crippen LogP contribution in [-0.4, -0.2) is 61.5 Å². The lowest BCUT2D eigenvalue weighted by Crippen LogP contribution is -2.35. The molecular formula is C13H22N2O3. The van der Waals surface area contributed by atoms with E-state index in [2.05, 4.69) is 0 Å². The van der Waals surface area contributed by atoms with Gasteiger partial charge in [0.2, 0.25) is 11.8 Å². The SMILES string of the molecule is CN(C[C@H]1CCOC1)C(=O)CCN1CCCC1=O. The Morgan fingerprint density at radius 3 is 3.00 bits per heavy atom. The number of amides is 2. The predicted molar refractivity (Wildman–Crippen MR) is 67.0 cm³/mol. The van der Waals surface area contributed by atoms with Crippen molar-refractivity contribution in [2.24, 2.45) is 5.92 Å². The fourth-order valence-corrected chi connectivity index (χ4v) is 2.58. The third-order valence-electron chi connectivity index (χ3n) is 3.75. The summed E-state index contributed by atoms with van der Waals surface area (Å²) >= 11 is 0. The Labute approximate surface area is 108 Å². The number of carbonyl (C=O) groups is 2. The summed E-state index contributed by atoms with van der Waals surface area (Å²) in [6, 6.07) is 0. The van der Waals surface area contributed by atoms with Crippen molar-refractivity contribution in [2.45, 2.75) is 25.7 Å². The van der Waals surface area contributed by atoms with E-state index in [-0.39, 0.29) is 11.8 Å².